The lowest BCUT2D eigenvalue weighted by Gasteiger charge is -2.28. The van der Waals surface area contributed by atoms with E-state index in [1.54, 1.807) is 51.1 Å². The van der Waals surface area contributed by atoms with Gasteiger partial charge < -0.3 is 39.4 Å². The number of nitrogens with two attached hydrogens (primary N) is 1. The summed E-state index contributed by atoms with van der Waals surface area (Å²) in [6, 6.07) is 7.77. The number of carbonyl (C=O) groups is 1. The quantitative estimate of drug-likeness (QED) is 0.220. The van der Waals surface area contributed by atoms with Gasteiger partial charge in [-0.15, -0.1) is 0 Å². The van der Waals surface area contributed by atoms with Crippen molar-refractivity contribution in [3.05, 3.63) is 42.4 Å². The number of alkyl halides is 1. The largest absolute Gasteiger partial charge is 0.462 e. The number of benzene rings is 1. The molecule has 2 aliphatic rings. The van der Waals surface area contributed by atoms with E-state index in [9.17, 15) is 9.90 Å². The number of hydrogen-bond donors (Lipinski definition) is 4. The number of aliphatic hydroxyl groups excluding tert-OH is 1. The number of nitrogens with one attached hydrogen (secondary N) is 2. The van der Waals surface area contributed by atoms with Crippen molar-refractivity contribution in [3.63, 3.8) is 0 Å². The minimum Gasteiger partial charge on any atom is -0.462 e. The summed E-state index contributed by atoms with van der Waals surface area (Å²) in [5.74, 6) is 0.120. The molecule has 0 bridgehead atoms. The summed E-state index contributed by atoms with van der Waals surface area (Å²) in [5.41, 5.74) is 3.95. The summed E-state index contributed by atoms with van der Waals surface area (Å²) in [4.78, 5) is 21.0. The maximum absolute atomic E-state index is 16.0. The zero-order valence-electron chi connectivity index (χ0n) is 22.7. The smallest absolute Gasteiger partial charge is 0.323 e. The van der Waals surface area contributed by atoms with E-state index in [1.807, 2.05) is 0 Å². The number of rotatable bonds is 11. The van der Waals surface area contributed by atoms with Crippen molar-refractivity contribution < 1.29 is 37.5 Å². The molecule has 2 unspecified atom stereocenters. The lowest BCUT2D eigenvalue weighted by Crippen LogP contribution is -2.41. The van der Waals surface area contributed by atoms with Crippen LogP contribution in [0.1, 0.15) is 45.8 Å². The Kier molecular flexibility index (Phi) is 9.15. The molecule has 1 aromatic carbocycles. The van der Waals surface area contributed by atoms with Crippen LogP contribution in [-0.2, 0) is 35.3 Å². The van der Waals surface area contributed by atoms with Gasteiger partial charge in [0.2, 0.25) is 0 Å². The third-order valence-electron chi connectivity index (χ3n) is 6.19. The van der Waals surface area contributed by atoms with Crippen LogP contribution < -0.4 is 20.7 Å². The fraction of sp³-hybridized carbons (Fsp3) is 0.542. The number of carbonyl (C=O) groups excluding carboxylic acids is 1. The van der Waals surface area contributed by atoms with Crippen molar-refractivity contribution in [1.82, 2.24) is 20.0 Å². The van der Waals surface area contributed by atoms with Gasteiger partial charge in [-0.05, 0) is 51.6 Å². The molecule has 1 aromatic heterocycles. The first kappa shape index (κ1) is 30.3. The van der Waals surface area contributed by atoms with Gasteiger partial charge in [0.05, 0.1) is 19.0 Å². The van der Waals surface area contributed by atoms with E-state index >= 15 is 4.39 Å². The topological polar surface area (TPSA) is 164 Å². The molecule has 0 amide bonds. The minimum absolute atomic E-state index is 0.0510. The average molecular weight is 601 g/mol. The van der Waals surface area contributed by atoms with Crippen LogP contribution in [0.3, 0.4) is 0 Å². The molecule has 13 nitrogen and oxygen atoms in total. The summed E-state index contributed by atoms with van der Waals surface area (Å²) < 4.78 is 45.8. The second-order valence-corrected chi connectivity index (χ2v) is 12.9. The first-order valence-corrected chi connectivity index (χ1v) is 15.2. The Balaban J connectivity index is 1.54. The number of methoxy groups -OCH3 is 1. The lowest BCUT2D eigenvalue weighted by molar-refractivity contribution is -0.149. The highest BCUT2D eigenvalue weighted by Crippen LogP contribution is 2.49. The number of guanidine groups is 1. The Morgan fingerprint density at radius 3 is 2.73 bits per heavy atom. The number of hydrogen-bond acceptors (Lipinski definition) is 12. The highest BCUT2D eigenvalue weighted by molar-refractivity contribution is 8.09. The number of aromatic nitrogens is 2. The molecule has 40 heavy (non-hydrogen) atoms. The molecule has 2 aromatic rings. The van der Waals surface area contributed by atoms with Crippen molar-refractivity contribution in [3.8, 4) is 5.75 Å². The second kappa shape index (κ2) is 12.1. The third-order valence-corrected chi connectivity index (χ3v) is 8.69. The molecule has 1 saturated heterocycles. The van der Waals surface area contributed by atoms with E-state index in [2.05, 4.69) is 20.4 Å². The van der Waals surface area contributed by atoms with Gasteiger partial charge in [0.15, 0.2) is 29.9 Å². The first-order chi connectivity index (χ1) is 18.8. The molecular weight excluding hydrogens is 566 g/mol. The number of aliphatic hydroxyl groups is 1. The predicted octanol–water partition coefficient (Wildman–Crippen LogP) is 2.31. The van der Waals surface area contributed by atoms with Crippen LogP contribution in [0.25, 0.3) is 0 Å². The minimum atomic E-state index is -3.45. The molecule has 1 fully saturated rings. The molecular formula is C24H34FN6O7PS. The van der Waals surface area contributed by atoms with E-state index in [0.717, 1.165) is 0 Å². The molecule has 220 valence electrons. The van der Waals surface area contributed by atoms with Crippen LogP contribution in [0.5, 0.6) is 5.75 Å². The van der Waals surface area contributed by atoms with Crippen molar-refractivity contribution in [2.45, 2.75) is 70.2 Å². The standard InChI is InChI=1S/C24H34FN6O7PS/c1-13(2)36-21(33)14(3)30-39(40,38-15-9-7-6-8-10-15)35-11-16-18(32)24(4,25)22(37-16)31-12-27-17-19(31)28-23(26)29-20(17)34-5/h6-10,12-14,16,18,20,22,32H,11H2,1-5H3,(H,30,40)(H3,26,28,29)/t14-,16+,18+,20?,22+,24+,39?/m0/s1. The van der Waals surface area contributed by atoms with Gasteiger partial charge >= 0.3 is 12.6 Å². The van der Waals surface area contributed by atoms with E-state index in [-0.39, 0.29) is 24.5 Å². The molecule has 0 aliphatic carbocycles. The fourth-order valence-electron chi connectivity index (χ4n) is 4.22. The van der Waals surface area contributed by atoms with Crippen LogP contribution in [0.2, 0.25) is 0 Å². The molecule has 0 radical (unpaired) electrons. The third kappa shape index (κ3) is 6.46. The molecule has 0 spiro atoms. The molecule has 7 atom stereocenters. The Morgan fingerprint density at radius 2 is 2.08 bits per heavy atom. The predicted molar refractivity (Wildman–Crippen MR) is 147 cm³/mol. The normalized spacial score (nSPS) is 28.2. The summed E-state index contributed by atoms with van der Waals surface area (Å²) in [6.07, 6.45) is -3.82. The molecule has 0 saturated carbocycles. The van der Waals surface area contributed by atoms with Crippen molar-refractivity contribution in [2.75, 3.05) is 13.7 Å². The van der Waals surface area contributed by atoms with Gasteiger partial charge in [0.25, 0.3) is 0 Å². The number of para-hydroxylation sites is 1. The summed E-state index contributed by atoms with van der Waals surface area (Å²) in [7, 11) is 1.46. The number of aliphatic imine (C=N–C) groups is 1. The summed E-state index contributed by atoms with van der Waals surface area (Å²) >= 11 is 5.70. The molecule has 3 heterocycles. The van der Waals surface area contributed by atoms with E-state index < -0.39 is 49.0 Å². The summed E-state index contributed by atoms with van der Waals surface area (Å²) in [5, 5.41) is 16.7. The second-order valence-electron chi connectivity index (χ2n) is 9.77. The summed E-state index contributed by atoms with van der Waals surface area (Å²) in [6.45, 7) is 2.42. The van der Waals surface area contributed by atoms with E-state index in [1.165, 1.54) is 24.9 Å². The van der Waals surface area contributed by atoms with Crippen molar-refractivity contribution in [1.29, 1.82) is 0 Å². The first-order valence-electron chi connectivity index (χ1n) is 12.5. The molecule has 16 heteroatoms. The Labute approximate surface area is 236 Å². The number of nitrogens with zero attached hydrogens (tertiary/aromatic N) is 3. The Bertz CT molecular complexity index is 1280. The van der Waals surface area contributed by atoms with Gasteiger partial charge in [-0.2, -0.15) is 4.99 Å². The number of esters is 1. The number of ether oxygens (including phenoxy) is 3. The Morgan fingerprint density at radius 1 is 1.38 bits per heavy atom. The number of fused-ring (bicyclic) bond motifs is 1. The highest BCUT2D eigenvalue weighted by Gasteiger charge is 2.56. The van der Waals surface area contributed by atoms with Gasteiger partial charge in [-0.1, -0.05) is 18.2 Å². The zero-order chi connectivity index (χ0) is 29.2. The number of imidazole rings is 1. The van der Waals surface area contributed by atoms with Crippen LogP contribution in [0, 0.1) is 0 Å². The van der Waals surface area contributed by atoms with Crippen LogP contribution in [0.15, 0.2) is 41.7 Å². The van der Waals surface area contributed by atoms with Gasteiger partial charge in [-0.25, -0.2) is 14.5 Å². The average Bonchev–Trinajstić information content (AvgIpc) is 3.40. The monoisotopic (exact) mass is 600 g/mol. The lowest BCUT2D eigenvalue weighted by atomic mass is 9.98. The van der Waals surface area contributed by atoms with E-state index in [0.29, 0.717) is 11.4 Å². The Hall–Kier alpha value is -2.65. The zero-order valence-corrected chi connectivity index (χ0v) is 24.4. The van der Waals surface area contributed by atoms with Gasteiger partial charge in [0, 0.05) is 7.11 Å². The van der Waals surface area contributed by atoms with Crippen molar-refractivity contribution in [2.24, 2.45) is 10.7 Å². The molecule has 2 aliphatic heterocycles. The van der Waals surface area contributed by atoms with Crippen molar-refractivity contribution >= 4 is 36.2 Å². The van der Waals surface area contributed by atoms with Crippen LogP contribution in [-0.4, -0.2) is 70.3 Å². The maximum atomic E-state index is 16.0. The fourth-order valence-corrected chi connectivity index (χ4v) is 6.63. The molecule has 4 rings (SSSR count). The van der Waals surface area contributed by atoms with E-state index in [4.69, 9.17) is 40.8 Å². The SMILES string of the molecule is COC1NC(N)=Nc2c1ncn2[C@@H]1O[C@H](COP(=S)(N[C@@H](C)C(=O)OC(C)C)Oc2ccccc2)[C@@H](O)[C@@]1(C)F. The van der Waals surface area contributed by atoms with Crippen LogP contribution >= 0.6 is 6.64 Å². The molecule has 5 N–H and O–H groups in total. The van der Waals surface area contributed by atoms with Gasteiger partial charge in [-0.3, -0.25) is 9.36 Å². The highest BCUT2D eigenvalue weighted by atomic mass is 32.5. The maximum Gasteiger partial charge on any atom is 0.323 e. The number of halogens is 1. The van der Waals surface area contributed by atoms with Crippen LogP contribution in [0.4, 0.5) is 10.2 Å². The van der Waals surface area contributed by atoms with Gasteiger partial charge in [0.1, 0.15) is 29.7 Å².